The van der Waals surface area contributed by atoms with Crippen molar-refractivity contribution in [1.82, 2.24) is 9.88 Å². The van der Waals surface area contributed by atoms with E-state index < -0.39 is 0 Å². The summed E-state index contributed by atoms with van der Waals surface area (Å²) < 4.78 is 0. The Kier molecular flexibility index (Phi) is 6.26. The summed E-state index contributed by atoms with van der Waals surface area (Å²) >= 11 is 1.50. The highest BCUT2D eigenvalue weighted by Crippen LogP contribution is 2.40. The maximum atomic E-state index is 13.2. The normalized spacial score (nSPS) is 30.0. The summed E-state index contributed by atoms with van der Waals surface area (Å²) in [5.74, 6) is 1.57. The van der Waals surface area contributed by atoms with Crippen molar-refractivity contribution < 1.29 is 4.79 Å². The predicted molar refractivity (Wildman–Crippen MR) is 110 cm³/mol. The second-order valence-corrected chi connectivity index (χ2v) is 10.4. The molecule has 3 rings (SSSR count). The molecule has 0 radical (unpaired) electrons. The zero-order valence-corrected chi connectivity index (χ0v) is 17.6. The number of nitrogens with zero attached hydrogens (tertiary/aromatic N) is 2. The molecule has 5 heteroatoms. The van der Waals surface area contributed by atoms with E-state index in [1.54, 1.807) is 6.20 Å². The molecular weight excluding hydrogens is 342 g/mol. The van der Waals surface area contributed by atoms with E-state index in [-0.39, 0.29) is 6.03 Å². The average Bonchev–Trinajstić information content (AvgIpc) is 3.09. The summed E-state index contributed by atoms with van der Waals surface area (Å²) in [4.78, 5) is 19.6. The number of rotatable bonds is 3. The first-order valence-electron chi connectivity index (χ1n) is 10.3. The number of urea groups is 1. The molecule has 2 amide bonds. The Morgan fingerprint density at radius 1 is 1.08 bits per heavy atom. The average molecular weight is 378 g/mol. The van der Waals surface area contributed by atoms with Gasteiger partial charge in [0.1, 0.15) is 0 Å². The second kappa shape index (κ2) is 8.28. The van der Waals surface area contributed by atoms with E-state index in [2.05, 4.69) is 42.9 Å². The largest absolute Gasteiger partial charge is 0.324 e. The molecule has 1 aromatic heterocycles. The van der Waals surface area contributed by atoms with Gasteiger partial charge in [0.05, 0.1) is 0 Å². The Bertz CT molecular complexity index is 565. The van der Waals surface area contributed by atoms with E-state index in [1.807, 2.05) is 5.38 Å². The molecule has 0 aromatic carbocycles. The SMILES string of the molecule is CC1CCC(N(C(=O)Nc2nccs2)C2CCC(C(C)(C)C)CC2)CC1. The number of aromatic nitrogens is 1. The third kappa shape index (κ3) is 4.79. The molecule has 4 nitrogen and oxygen atoms in total. The van der Waals surface area contributed by atoms with Crippen LogP contribution in [0.1, 0.15) is 79.1 Å². The van der Waals surface area contributed by atoms with Gasteiger partial charge in [0.25, 0.3) is 0 Å². The standard InChI is InChI=1S/C21H35N3OS/c1-15-5-9-17(10-6-15)24(20(25)23-19-22-13-14-26-19)18-11-7-16(8-12-18)21(2,3)4/h13-18H,5-12H2,1-4H3,(H,22,23,25). The van der Waals surface area contributed by atoms with Gasteiger partial charge in [0.15, 0.2) is 5.13 Å². The predicted octanol–water partition coefficient (Wildman–Crippen LogP) is 6.16. The molecule has 0 saturated heterocycles. The fraction of sp³-hybridized carbons (Fsp3) is 0.810. The van der Waals surface area contributed by atoms with Crippen LogP contribution in [0.2, 0.25) is 0 Å². The molecule has 0 aliphatic heterocycles. The van der Waals surface area contributed by atoms with Crippen LogP contribution >= 0.6 is 11.3 Å². The van der Waals surface area contributed by atoms with Gasteiger partial charge in [-0.1, -0.05) is 27.7 Å². The number of anilines is 1. The zero-order chi connectivity index (χ0) is 18.7. The molecule has 2 aliphatic carbocycles. The van der Waals surface area contributed by atoms with Gasteiger partial charge in [0.2, 0.25) is 0 Å². The summed E-state index contributed by atoms with van der Waals surface area (Å²) in [6, 6.07) is 0.841. The molecule has 1 heterocycles. The van der Waals surface area contributed by atoms with Crippen molar-refractivity contribution in [1.29, 1.82) is 0 Å². The molecule has 0 atom stereocenters. The van der Waals surface area contributed by atoms with Gasteiger partial charge < -0.3 is 4.90 Å². The lowest BCUT2D eigenvalue weighted by atomic mass is 9.71. The van der Waals surface area contributed by atoms with Gasteiger partial charge in [-0.15, -0.1) is 11.3 Å². The van der Waals surface area contributed by atoms with E-state index in [0.717, 1.165) is 37.5 Å². The summed E-state index contributed by atoms with van der Waals surface area (Å²) in [6.07, 6.45) is 11.3. The summed E-state index contributed by atoms with van der Waals surface area (Å²) in [6.45, 7) is 9.40. The Morgan fingerprint density at radius 2 is 1.65 bits per heavy atom. The number of thiazole rings is 1. The first-order chi connectivity index (χ1) is 12.3. The smallest absolute Gasteiger partial charge is 0.319 e. The third-order valence-electron chi connectivity index (χ3n) is 6.57. The number of carbonyl (C=O) groups excluding carboxylic acids is 1. The monoisotopic (exact) mass is 377 g/mol. The topological polar surface area (TPSA) is 45.2 Å². The minimum atomic E-state index is 0.0683. The van der Waals surface area contributed by atoms with E-state index >= 15 is 0 Å². The molecule has 0 unspecified atom stereocenters. The van der Waals surface area contributed by atoms with Crippen LogP contribution in [0.15, 0.2) is 11.6 Å². The Balaban J connectivity index is 1.69. The van der Waals surface area contributed by atoms with Crippen LogP contribution in [-0.2, 0) is 0 Å². The molecule has 146 valence electrons. The quantitative estimate of drug-likeness (QED) is 0.685. The highest BCUT2D eigenvalue weighted by molar-refractivity contribution is 7.13. The lowest BCUT2D eigenvalue weighted by Crippen LogP contribution is -2.51. The minimum Gasteiger partial charge on any atom is -0.319 e. The molecule has 2 saturated carbocycles. The van der Waals surface area contributed by atoms with Crippen LogP contribution in [0.4, 0.5) is 9.93 Å². The zero-order valence-electron chi connectivity index (χ0n) is 16.8. The fourth-order valence-corrected chi connectivity index (χ4v) is 5.33. The van der Waals surface area contributed by atoms with Crippen LogP contribution in [0.25, 0.3) is 0 Å². The van der Waals surface area contributed by atoms with E-state index in [1.165, 1.54) is 37.0 Å². The van der Waals surface area contributed by atoms with Crippen molar-refractivity contribution in [2.24, 2.45) is 17.3 Å². The molecule has 2 aliphatic rings. The second-order valence-electron chi connectivity index (χ2n) is 9.46. The number of hydrogen-bond acceptors (Lipinski definition) is 3. The molecule has 0 spiro atoms. The van der Waals surface area contributed by atoms with Crippen LogP contribution < -0.4 is 5.32 Å². The lowest BCUT2D eigenvalue weighted by Gasteiger charge is -2.45. The maximum Gasteiger partial charge on any atom is 0.324 e. The Hall–Kier alpha value is -1.10. The first-order valence-corrected chi connectivity index (χ1v) is 11.2. The van der Waals surface area contributed by atoms with Crippen molar-refractivity contribution in [3.63, 3.8) is 0 Å². The van der Waals surface area contributed by atoms with Crippen LogP contribution in [0.5, 0.6) is 0 Å². The molecule has 1 N–H and O–H groups in total. The van der Waals surface area contributed by atoms with Gasteiger partial charge >= 0.3 is 6.03 Å². The molecule has 2 fully saturated rings. The number of nitrogens with one attached hydrogen (secondary N) is 1. The van der Waals surface area contributed by atoms with Crippen molar-refractivity contribution in [2.75, 3.05) is 5.32 Å². The van der Waals surface area contributed by atoms with Crippen LogP contribution in [-0.4, -0.2) is 28.0 Å². The van der Waals surface area contributed by atoms with E-state index in [0.29, 0.717) is 22.6 Å². The highest BCUT2D eigenvalue weighted by atomic mass is 32.1. The van der Waals surface area contributed by atoms with Gasteiger partial charge in [0, 0.05) is 23.7 Å². The van der Waals surface area contributed by atoms with Crippen molar-refractivity contribution in [3.05, 3.63) is 11.6 Å². The van der Waals surface area contributed by atoms with Gasteiger partial charge in [-0.2, -0.15) is 0 Å². The molecule has 0 bridgehead atoms. The number of hydrogen-bond donors (Lipinski definition) is 1. The number of carbonyl (C=O) groups is 1. The minimum absolute atomic E-state index is 0.0683. The summed E-state index contributed by atoms with van der Waals surface area (Å²) in [5, 5.41) is 5.69. The van der Waals surface area contributed by atoms with Crippen LogP contribution in [0.3, 0.4) is 0 Å². The highest BCUT2D eigenvalue weighted by Gasteiger charge is 2.37. The summed E-state index contributed by atoms with van der Waals surface area (Å²) in [7, 11) is 0. The van der Waals surface area contributed by atoms with Gasteiger partial charge in [-0.3, -0.25) is 5.32 Å². The van der Waals surface area contributed by atoms with Crippen molar-refractivity contribution in [2.45, 2.75) is 91.1 Å². The lowest BCUT2D eigenvalue weighted by molar-refractivity contribution is 0.0752. The molecular formula is C21H35N3OS. The van der Waals surface area contributed by atoms with Crippen molar-refractivity contribution >= 4 is 22.5 Å². The summed E-state index contributed by atoms with van der Waals surface area (Å²) in [5.41, 5.74) is 0.374. The Labute approximate surface area is 162 Å². The molecule has 26 heavy (non-hydrogen) atoms. The molecule has 1 aromatic rings. The van der Waals surface area contributed by atoms with Gasteiger partial charge in [-0.05, 0) is 68.6 Å². The number of amides is 2. The van der Waals surface area contributed by atoms with Crippen molar-refractivity contribution in [3.8, 4) is 0 Å². The van der Waals surface area contributed by atoms with E-state index in [4.69, 9.17) is 0 Å². The Morgan fingerprint density at radius 3 is 2.15 bits per heavy atom. The fourth-order valence-electron chi connectivity index (χ4n) is 4.81. The van der Waals surface area contributed by atoms with Gasteiger partial charge in [-0.25, -0.2) is 9.78 Å². The first kappa shape index (κ1) is 19.7. The van der Waals surface area contributed by atoms with E-state index in [9.17, 15) is 4.79 Å². The maximum absolute atomic E-state index is 13.2. The third-order valence-corrected chi connectivity index (χ3v) is 7.26. The van der Waals surface area contributed by atoms with Crippen LogP contribution in [0, 0.1) is 17.3 Å².